The van der Waals surface area contributed by atoms with Gasteiger partial charge in [0, 0.05) is 25.4 Å². The summed E-state index contributed by atoms with van der Waals surface area (Å²) >= 11 is 0. The second kappa shape index (κ2) is 6.67. The van der Waals surface area contributed by atoms with Crippen LogP contribution in [0.4, 0.5) is 15.9 Å². The number of nitrogens with zero attached hydrogens (tertiary/aromatic N) is 1. The molecule has 21 heavy (non-hydrogen) atoms. The SMILES string of the molecule is COCC(=O)Nc1cc(Oc2ccc(N)c(F)c2)ccn1. The lowest BCUT2D eigenvalue weighted by molar-refractivity contribution is -0.119. The van der Waals surface area contributed by atoms with Crippen LogP contribution in [0.5, 0.6) is 11.5 Å². The smallest absolute Gasteiger partial charge is 0.251 e. The molecule has 0 bridgehead atoms. The lowest BCUT2D eigenvalue weighted by Crippen LogP contribution is -2.17. The zero-order valence-electron chi connectivity index (χ0n) is 11.3. The van der Waals surface area contributed by atoms with Crippen molar-refractivity contribution in [3.05, 3.63) is 42.3 Å². The van der Waals surface area contributed by atoms with Crippen LogP contribution in [0.1, 0.15) is 0 Å². The maximum atomic E-state index is 13.3. The molecule has 1 amide bonds. The highest BCUT2D eigenvalue weighted by Crippen LogP contribution is 2.25. The third kappa shape index (κ3) is 4.15. The Morgan fingerprint density at radius 1 is 1.33 bits per heavy atom. The van der Waals surface area contributed by atoms with Crippen molar-refractivity contribution in [2.45, 2.75) is 0 Å². The fourth-order valence-electron chi connectivity index (χ4n) is 1.56. The molecule has 7 heteroatoms. The van der Waals surface area contributed by atoms with Crippen molar-refractivity contribution in [3.63, 3.8) is 0 Å². The third-order valence-electron chi connectivity index (χ3n) is 2.48. The number of carbonyl (C=O) groups excluding carboxylic acids is 1. The molecule has 110 valence electrons. The van der Waals surface area contributed by atoms with Gasteiger partial charge < -0.3 is 20.5 Å². The highest BCUT2D eigenvalue weighted by molar-refractivity contribution is 5.90. The van der Waals surface area contributed by atoms with Crippen molar-refractivity contribution in [1.29, 1.82) is 0 Å². The van der Waals surface area contributed by atoms with Crippen LogP contribution in [-0.2, 0) is 9.53 Å². The fourth-order valence-corrected chi connectivity index (χ4v) is 1.56. The number of halogens is 1. The number of pyridine rings is 1. The van der Waals surface area contributed by atoms with Gasteiger partial charge in [0.05, 0.1) is 5.69 Å². The number of amides is 1. The molecule has 0 unspecified atom stereocenters. The Balaban J connectivity index is 2.10. The van der Waals surface area contributed by atoms with Crippen LogP contribution in [0.2, 0.25) is 0 Å². The summed E-state index contributed by atoms with van der Waals surface area (Å²) in [4.78, 5) is 15.4. The summed E-state index contributed by atoms with van der Waals surface area (Å²) in [6.07, 6.45) is 1.46. The van der Waals surface area contributed by atoms with E-state index < -0.39 is 5.82 Å². The van der Waals surface area contributed by atoms with Gasteiger partial charge in [-0.3, -0.25) is 4.79 Å². The first-order chi connectivity index (χ1) is 10.1. The lowest BCUT2D eigenvalue weighted by atomic mass is 10.3. The summed E-state index contributed by atoms with van der Waals surface area (Å²) < 4.78 is 23.5. The maximum absolute atomic E-state index is 13.3. The van der Waals surface area contributed by atoms with Crippen molar-refractivity contribution in [1.82, 2.24) is 4.98 Å². The number of benzene rings is 1. The molecular weight excluding hydrogens is 277 g/mol. The quantitative estimate of drug-likeness (QED) is 0.824. The summed E-state index contributed by atoms with van der Waals surface area (Å²) in [6, 6.07) is 7.23. The van der Waals surface area contributed by atoms with Crippen LogP contribution in [0, 0.1) is 5.82 Å². The van der Waals surface area contributed by atoms with Gasteiger partial charge in [-0.05, 0) is 18.2 Å². The van der Waals surface area contributed by atoms with Gasteiger partial charge in [0.1, 0.15) is 29.7 Å². The van der Waals surface area contributed by atoms with E-state index in [1.165, 1.54) is 31.5 Å². The third-order valence-corrected chi connectivity index (χ3v) is 2.48. The molecule has 0 fully saturated rings. The minimum Gasteiger partial charge on any atom is -0.457 e. The van der Waals surface area contributed by atoms with Gasteiger partial charge in [-0.25, -0.2) is 9.37 Å². The number of ether oxygens (including phenoxy) is 2. The number of nitrogen functional groups attached to an aromatic ring is 1. The number of anilines is 2. The summed E-state index contributed by atoms with van der Waals surface area (Å²) in [6.45, 7) is -0.0735. The topological polar surface area (TPSA) is 86.5 Å². The molecule has 1 aromatic heterocycles. The summed E-state index contributed by atoms with van der Waals surface area (Å²) in [7, 11) is 1.42. The highest BCUT2D eigenvalue weighted by Gasteiger charge is 2.06. The highest BCUT2D eigenvalue weighted by atomic mass is 19.1. The van der Waals surface area contributed by atoms with Gasteiger partial charge >= 0.3 is 0 Å². The molecule has 1 heterocycles. The predicted molar refractivity (Wildman–Crippen MR) is 75.6 cm³/mol. The number of rotatable bonds is 5. The minimum atomic E-state index is -0.560. The summed E-state index contributed by atoms with van der Waals surface area (Å²) in [5, 5.41) is 2.54. The molecule has 2 rings (SSSR count). The molecule has 1 aromatic carbocycles. The van der Waals surface area contributed by atoms with Crippen LogP contribution < -0.4 is 15.8 Å². The molecule has 0 aliphatic carbocycles. The molecule has 0 radical (unpaired) electrons. The first-order valence-corrected chi connectivity index (χ1v) is 6.06. The van der Waals surface area contributed by atoms with E-state index in [0.29, 0.717) is 17.3 Å². The van der Waals surface area contributed by atoms with Gasteiger partial charge in [-0.2, -0.15) is 0 Å². The Labute approximate surface area is 120 Å². The molecular formula is C14H14FN3O3. The first kappa shape index (κ1) is 14.7. The van der Waals surface area contributed by atoms with Gasteiger partial charge in [0.25, 0.3) is 5.91 Å². The van der Waals surface area contributed by atoms with Crippen LogP contribution in [0.3, 0.4) is 0 Å². The number of methoxy groups -OCH3 is 1. The fraction of sp³-hybridized carbons (Fsp3) is 0.143. The van der Waals surface area contributed by atoms with Crippen molar-refractivity contribution < 1.29 is 18.7 Å². The number of carbonyl (C=O) groups is 1. The second-order valence-corrected chi connectivity index (χ2v) is 4.14. The number of nitrogens with one attached hydrogen (secondary N) is 1. The van der Waals surface area contributed by atoms with E-state index in [4.69, 9.17) is 15.2 Å². The van der Waals surface area contributed by atoms with Crippen molar-refractivity contribution >= 4 is 17.4 Å². The molecule has 0 atom stereocenters. The van der Waals surface area contributed by atoms with Gasteiger partial charge in [-0.15, -0.1) is 0 Å². The molecule has 0 saturated carbocycles. The Kier molecular flexibility index (Phi) is 4.68. The Hall–Kier alpha value is -2.67. The normalized spacial score (nSPS) is 10.2. The van der Waals surface area contributed by atoms with E-state index in [0.717, 1.165) is 0 Å². The zero-order valence-corrected chi connectivity index (χ0v) is 11.3. The van der Waals surface area contributed by atoms with E-state index >= 15 is 0 Å². The average molecular weight is 291 g/mol. The van der Waals surface area contributed by atoms with Gasteiger partial charge in [-0.1, -0.05) is 0 Å². The molecule has 0 spiro atoms. The van der Waals surface area contributed by atoms with E-state index in [2.05, 4.69) is 10.3 Å². The Morgan fingerprint density at radius 3 is 2.81 bits per heavy atom. The van der Waals surface area contributed by atoms with Gasteiger partial charge in [0.2, 0.25) is 0 Å². The number of nitrogens with two attached hydrogens (primary N) is 1. The monoisotopic (exact) mass is 291 g/mol. The molecule has 0 saturated heterocycles. The average Bonchev–Trinajstić information content (AvgIpc) is 2.43. The molecule has 0 aliphatic rings. The van der Waals surface area contributed by atoms with Crippen LogP contribution in [0.25, 0.3) is 0 Å². The maximum Gasteiger partial charge on any atom is 0.251 e. The van der Waals surface area contributed by atoms with Crippen molar-refractivity contribution in [3.8, 4) is 11.5 Å². The zero-order chi connectivity index (χ0) is 15.2. The van der Waals surface area contributed by atoms with Crippen LogP contribution >= 0.6 is 0 Å². The molecule has 6 nitrogen and oxygen atoms in total. The molecule has 3 N–H and O–H groups in total. The van der Waals surface area contributed by atoms with E-state index in [1.54, 1.807) is 12.1 Å². The number of hydrogen-bond acceptors (Lipinski definition) is 5. The van der Waals surface area contributed by atoms with E-state index in [1.807, 2.05) is 0 Å². The number of aromatic nitrogens is 1. The second-order valence-electron chi connectivity index (χ2n) is 4.14. The van der Waals surface area contributed by atoms with Crippen LogP contribution in [0.15, 0.2) is 36.5 Å². The van der Waals surface area contributed by atoms with E-state index in [-0.39, 0.29) is 18.2 Å². The molecule has 2 aromatic rings. The number of hydrogen-bond donors (Lipinski definition) is 2. The predicted octanol–water partition coefficient (Wildman–Crippen LogP) is 2.18. The van der Waals surface area contributed by atoms with E-state index in [9.17, 15) is 9.18 Å². The van der Waals surface area contributed by atoms with Crippen molar-refractivity contribution in [2.75, 3.05) is 24.8 Å². The summed E-state index contributed by atoms with van der Waals surface area (Å²) in [5.74, 6) is 0.116. The minimum absolute atomic E-state index is 0.0459. The first-order valence-electron chi connectivity index (χ1n) is 6.06. The Morgan fingerprint density at radius 2 is 2.10 bits per heavy atom. The van der Waals surface area contributed by atoms with Gasteiger partial charge in [0.15, 0.2) is 0 Å². The molecule has 0 aliphatic heterocycles. The van der Waals surface area contributed by atoms with Crippen molar-refractivity contribution in [2.24, 2.45) is 0 Å². The largest absolute Gasteiger partial charge is 0.457 e. The summed E-state index contributed by atoms with van der Waals surface area (Å²) in [5.41, 5.74) is 5.44. The Bertz CT molecular complexity index is 649. The standard InChI is InChI=1S/C14H14FN3O3/c1-20-8-14(19)18-13-7-10(4-5-17-13)21-9-2-3-12(16)11(15)6-9/h2-7H,8,16H2,1H3,(H,17,18,19). The lowest BCUT2D eigenvalue weighted by Gasteiger charge is -2.08. The van der Waals surface area contributed by atoms with Crippen LogP contribution in [-0.4, -0.2) is 24.6 Å².